The van der Waals surface area contributed by atoms with Gasteiger partial charge in [-0.3, -0.25) is 9.89 Å². The molecule has 3 aliphatic rings. The molecule has 0 aromatic rings. The Labute approximate surface area is 140 Å². The van der Waals surface area contributed by atoms with E-state index in [0.717, 1.165) is 31.5 Å². The van der Waals surface area contributed by atoms with Crippen molar-refractivity contribution in [3.63, 3.8) is 0 Å². The van der Waals surface area contributed by atoms with Gasteiger partial charge in [-0.05, 0) is 67.2 Å². The van der Waals surface area contributed by atoms with Gasteiger partial charge in [0.25, 0.3) is 0 Å². The van der Waals surface area contributed by atoms with Crippen molar-refractivity contribution in [1.82, 2.24) is 4.90 Å². The number of rotatable bonds is 1. The Hall–Kier alpha value is -1.32. The van der Waals surface area contributed by atoms with E-state index in [1.54, 1.807) is 0 Å². The Morgan fingerprint density at radius 1 is 1.30 bits per heavy atom. The number of amidine groups is 1. The Kier molecular flexibility index (Phi) is 3.85. The summed E-state index contributed by atoms with van der Waals surface area (Å²) in [6.45, 7) is 12.4. The van der Waals surface area contributed by atoms with Crippen LogP contribution in [-0.2, 0) is 4.74 Å². The third-order valence-corrected chi connectivity index (χ3v) is 5.10. The Morgan fingerprint density at radius 2 is 1.96 bits per heavy atom. The van der Waals surface area contributed by atoms with Crippen molar-refractivity contribution >= 4 is 11.9 Å². The zero-order chi connectivity index (χ0) is 17.0. The lowest BCUT2D eigenvalue weighted by molar-refractivity contribution is 0.0225. The van der Waals surface area contributed by atoms with Crippen molar-refractivity contribution in [2.75, 3.05) is 0 Å². The zero-order valence-corrected chi connectivity index (χ0v) is 15.3. The van der Waals surface area contributed by atoms with Gasteiger partial charge in [0, 0.05) is 11.8 Å². The first-order chi connectivity index (χ1) is 10.6. The van der Waals surface area contributed by atoms with Gasteiger partial charge in [0.2, 0.25) is 0 Å². The van der Waals surface area contributed by atoms with E-state index in [0.29, 0.717) is 11.8 Å². The van der Waals surface area contributed by atoms with E-state index in [-0.39, 0.29) is 17.7 Å². The lowest BCUT2D eigenvalue weighted by Crippen LogP contribution is -2.59. The molecule has 1 fully saturated rings. The molecule has 1 heterocycles. The van der Waals surface area contributed by atoms with E-state index in [2.05, 4.69) is 26.8 Å². The van der Waals surface area contributed by atoms with Gasteiger partial charge in [-0.15, -0.1) is 0 Å². The summed E-state index contributed by atoms with van der Waals surface area (Å²) in [5.74, 6) is 1.75. The third kappa shape index (κ3) is 3.31. The summed E-state index contributed by atoms with van der Waals surface area (Å²) in [5, 5.41) is 0. The van der Waals surface area contributed by atoms with Crippen molar-refractivity contribution < 1.29 is 9.53 Å². The number of nitrogens with zero attached hydrogens (tertiary/aromatic N) is 2. The molecule has 0 aromatic heterocycles. The number of hydrogen-bond acceptors (Lipinski definition) is 3. The number of carbonyl (C=O) groups is 1. The summed E-state index contributed by atoms with van der Waals surface area (Å²) >= 11 is 0. The van der Waals surface area contributed by atoms with Crippen molar-refractivity contribution in [2.45, 2.75) is 84.4 Å². The van der Waals surface area contributed by atoms with E-state index in [4.69, 9.17) is 9.73 Å². The Balaban J connectivity index is 2.01. The SMILES string of the molecule is CC1=C[C@H]2[C@@H](CC1)C(C)(C)N=C(C1CC1)N2C(=O)OC(C)(C)C. The van der Waals surface area contributed by atoms with Crippen molar-refractivity contribution in [3.8, 4) is 0 Å². The molecule has 4 heteroatoms. The highest BCUT2D eigenvalue weighted by Crippen LogP contribution is 2.45. The van der Waals surface area contributed by atoms with Crippen LogP contribution in [0.3, 0.4) is 0 Å². The fraction of sp³-hybridized carbons (Fsp3) is 0.789. The summed E-state index contributed by atoms with van der Waals surface area (Å²) in [6, 6.07) is 0.0849. The molecule has 128 valence electrons. The van der Waals surface area contributed by atoms with E-state index in [1.807, 2.05) is 25.7 Å². The molecule has 0 bridgehead atoms. The third-order valence-electron chi connectivity index (χ3n) is 5.10. The topological polar surface area (TPSA) is 41.9 Å². The maximum absolute atomic E-state index is 12.9. The van der Waals surface area contributed by atoms with E-state index in [9.17, 15) is 4.79 Å². The highest BCUT2D eigenvalue weighted by atomic mass is 16.6. The molecule has 1 aliphatic heterocycles. The summed E-state index contributed by atoms with van der Waals surface area (Å²) in [6.07, 6.45) is 6.49. The van der Waals surface area contributed by atoms with Crippen LogP contribution in [0.15, 0.2) is 16.6 Å². The Morgan fingerprint density at radius 3 is 2.52 bits per heavy atom. The first kappa shape index (κ1) is 16.5. The lowest BCUT2D eigenvalue weighted by atomic mass is 9.73. The van der Waals surface area contributed by atoms with E-state index >= 15 is 0 Å². The van der Waals surface area contributed by atoms with Crippen molar-refractivity contribution in [3.05, 3.63) is 11.6 Å². The predicted octanol–water partition coefficient (Wildman–Crippen LogP) is 4.55. The number of fused-ring (bicyclic) bond motifs is 1. The minimum absolute atomic E-state index is 0.0849. The fourth-order valence-electron chi connectivity index (χ4n) is 3.81. The van der Waals surface area contributed by atoms with Crippen LogP contribution in [0.1, 0.15) is 67.2 Å². The van der Waals surface area contributed by atoms with Gasteiger partial charge in [-0.2, -0.15) is 0 Å². The second-order valence-electron chi connectivity index (χ2n) is 8.90. The minimum Gasteiger partial charge on any atom is -0.443 e. The summed E-state index contributed by atoms with van der Waals surface area (Å²) in [7, 11) is 0. The first-order valence-corrected chi connectivity index (χ1v) is 8.88. The smallest absolute Gasteiger partial charge is 0.416 e. The second-order valence-corrected chi connectivity index (χ2v) is 8.90. The van der Waals surface area contributed by atoms with Gasteiger partial charge in [0.15, 0.2) is 0 Å². The standard InChI is InChI=1S/C19H30N2O2/c1-12-7-10-14-15(11-12)21(17(22)23-18(2,3)4)16(13-8-9-13)20-19(14,5)6/h11,13-15H,7-10H2,1-6H3/t14-,15+/m1/s1. The molecular formula is C19H30N2O2. The van der Waals surface area contributed by atoms with Crippen LogP contribution >= 0.6 is 0 Å². The largest absolute Gasteiger partial charge is 0.443 e. The van der Waals surface area contributed by atoms with Gasteiger partial charge in [0.05, 0.1) is 11.6 Å². The monoisotopic (exact) mass is 318 g/mol. The molecular weight excluding hydrogens is 288 g/mol. The summed E-state index contributed by atoms with van der Waals surface area (Å²) < 4.78 is 5.71. The number of hydrogen-bond donors (Lipinski definition) is 0. The number of ether oxygens (including phenoxy) is 1. The lowest BCUT2D eigenvalue weighted by Gasteiger charge is -2.48. The van der Waals surface area contributed by atoms with Gasteiger partial charge >= 0.3 is 6.09 Å². The molecule has 2 atom stereocenters. The number of carbonyl (C=O) groups excluding carboxylic acids is 1. The normalized spacial score (nSPS) is 30.3. The second kappa shape index (κ2) is 5.35. The highest BCUT2D eigenvalue weighted by molar-refractivity contribution is 5.99. The molecule has 0 aromatic carbocycles. The van der Waals surface area contributed by atoms with Crippen molar-refractivity contribution in [1.29, 1.82) is 0 Å². The average Bonchev–Trinajstić information content (AvgIpc) is 3.18. The highest BCUT2D eigenvalue weighted by Gasteiger charge is 2.50. The van der Waals surface area contributed by atoms with E-state index in [1.165, 1.54) is 5.57 Å². The van der Waals surface area contributed by atoms with Crippen LogP contribution in [0.2, 0.25) is 0 Å². The van der Waals surface area contributed by atoms with Crippen molar-refractivity contribution in [2.24, 2.45) is 16.8 Å². The zero-order valence-electron chi connectivity index (χ0n) is 15.3. The molecule has 0 saturated heterocycles. The number of amides is 1. The summed E-state index contributed by atoms with van der Waals surface area (Å²) in [5.41, 5.74) is 0.771. The minimum atomic E-state index is -0.484. The van der Waals surface area contributed by atoms with Gasteiger partial charge in [0.1, 0.15) is 11.4 Å². The van der Waals surface area contributed by atoms with Crippen LogP contribution in [0.4, 0.5) is 4.79 Å². The van der Waals surface area contributed by atoms with Gasteiger partial charge < -0.3 is 4.74 Å². The number of aliphatic imine (C=N–C) groups is 1. The maximum atomic E-state index is 12.9. The Bertz CT molecular complexity index is 564. The molecule has 1 saturated carbocycles. The van der Waals surface area contributed by atoms with Crippen LogP contribution < -0.4 is 0 Å². The molecule has 2 aliphatic carbocycles. The molecule has 23 heavy (non-hydrogen) atoms. The quantitative estimate of drug-likeness (QED) is 0.666. The first-order valence-electron chi connectivity index (χ1n) is 8.88. The predicted molar refractivity (Wildman–Crippen MR) is 92.6 cm³/mol. The molecule has 0 unspecified atom stereocenters. The fourth-order valence-corrected chi connectivity index (χ4v) is 3.81. The molecule has 4 nitrogen and oxygen atoms in total. The van der Waals surface area contributed by atoms with Gasteiger partial charge in [-0.25, -0.2) is 4.79 Å². The molecule has 3 rings (SSSR count). The average molecular weight is 318 g/mol. The molecule has 0 N–H and O–H groups in total. The van der Waals surface area contributed by atoms with Gasteiger partial charge in [-0.1, -0.05) is 11.6 Å². The molecule has 0 spiro atoms. The van der Waals surface area contributed by atoms with Crippen LogP contribution in [0, 0.1) is 11.8 Å². The maximum Gasteiger partial charge on any atom is 0.416 e. The summed E-state index contributed by atoms with van der Waals surface area (Å²) in [4.78, 5) is 19.8. The van der Waals surface area contributed by atoms with E-state index < -0.39 is 5.60 Å². The molecule has 1 amide bonds. The van der Waals surface area contributed by atoms with Crippen LogP contribution in [-0.4, -0.2) is 34.0 Å². The van der Waals surface area contributed by atoms with Crippen LogP contribution in [0.25, 0.3) is 0 Å². The number of allylic oxidation sites excluding steroid dienone is 1. The molecule has 0 radical (unpaired) electrons. The van der Waals surface area contributed by atoms with Crippen LogP contribution in [0.5, 0.6) is 0 Å².